The molecule has 5 aromatic rings. The van der Waals surface area contributed by atoms with Crippen molar-refractivity contribution in [3.63, 3.8) is 0 Å². The van der Waals surface area contributed by atoms with Crippen LogP contribution in [0.5, 0.6) is 0 Å². The Morgan fingerprint density at radius 1 is 0.897 bits per heavy atom. The van der Waals surface area contributed by atoms with Crippen molar-refractivity contribution in [3.8, 4) is 16.1 Å². The van der Waals surface area contributed by atoms with E-state index in [1.807, 2.05) is 60.0 Å². The van der Waals surface area contributed by atoms with Gasteiger partial charge >= 0.3 is 0 Å². The van der Waals surface area contributed by atoms with Gasteiger partial charge in [0.2, 0.25) is 10.0 Å². The van der Waals surface area contributed by atoms with Crippen molar-refractivity contribution in [1.82, 2.24) is 13.9 Å². The Kier molecular flexibility index (Phi) is 7.05. The number of hydrogen-bond donors (Lipinski definition) is 0. The summed E-state index contributed by atoms with van der Waals surface area (Å²) in [6.07, 6.45) is 0. The van der Waals surface area contributed by atoms with Gasteiger partial charge in [-0.1, -0.05) is 63.2 Å². The van der Waals surface area contributed by atoms with E-state index in [-0.39, 0.29) is 15.9 Å². The highest BCUT2D eigenvalue weighted by atomic mass is 32.2. The maximum atomic E-state index is 13.8. The van der Waals surface area contributed by atoms with Gasteiger partial charge in [0.05, 0.1) is 27.5 Å². The van der Waals surface area contributed by atoms with Crippen molar-refractivity contribution in [2.24, 2.45) is 0 Å². The molecule has 1 unspecified atom stereocenters. The summed E-state index contributed by atoms with van der Waals surface area (Å²) in [4.78, 5) is 19.9. The van der Waals surface area contributed by atoms with Crippen LogP contribution in [0.2, 0.25) is 0 Å². The fourth-order valence-electron chi connectivity index (χ4n) is 4.56. The normalized spacial score (nSPS) is 13.2. The molecule has 200 valence electrons. The van der Waals surface area contributed by atoms with Gasteiger partial charge in [0, 0.05) is 11.9 Å². The van der Waals surface area contributed by atoms with Crippen LogP contribution in [0.15, 0.2) is 100.0 Å². The lowest BCUT2D eigenvalue weighted by molar-refractivity contribution is 0.379. The Hall–Kier alpha value is -3.59. The molecule has 2 aromatic heterocycles. The fourth-order valence-corrected chi connectivity index (χ4v) is 6.62. The van der Waals surface area contributed by atoms with Gasteiger partial charge in [0.1, 0.15) is 5.82 Å². The average molecular weight is 558 g/mol. The molecule has 0 saturated heterocycles. The molecule has 0 aliphatic heterocycles. The maximum Gasteiger partial charge on any atom is 0.266 e. The molecular formula is C31H31N3O3S2. The van der Waals surface area contributed by atoms with Gasteiger partial charge in [-0.2, -0.15) is 4.31 Å². The summed E-state index contributed by atoms with van der Waals surface area (Å²) in [7, 11) is -2.34. The Bertz CT molecular complexity index is 1780. The Morgan fingerprint density at radius 3 is 2.18 bits per heavy atom. The van der Waals surface area contributed by atoms with E-state index in [9.17, 15) is 13.2 Å². The molecule has 0 fully saturated rings. The van der Waals surface area contributed by atoms with Crippen molar-refractivity contribution in [1.29, 1.82) is 0 Å². The molecule has 8 heteroatoms. The largest absolute Gasteiger partial charge is 0.268 e. The summed E-state index contributed by atoms with van der Waals surface area (Å²) in [5, 5.41) is 2.49. The van der Waals surface area contributed by atoms with E-state index in [0.29, 0.717) is 22.4 Å². The van der Waals surface area contributed by atoms with E-state index >= 15 is 0 Å². The number of aromatic nitrogens is 2. The minimum atomic E-state index is -3.87. The molecule has 39 heavy (non-hydrogen) atoms. The van der Waals surface area contributed by atoms with Gasteiger partial charge in [-0.25, -0.2) is 13.4 Å². The lowest BCUT2D eigenvalue weighted by Crippen LogP contribution is -2.35. The molecule has 0 amide bonds. The first kappa shape index (κ1) is 27.0. The lowest BCUT2D eigenvalue weighted by atomic mass is 9.87. The van der Waals surface area contributed by atoms with Crippen LogP contribution in [-0.4, -0.2) is 29.3 Å². The van der Waals surface area contributed by atoms with Gasteiger partial charge in [0.25, 0.3) is 5.56 Å². The first-order valence-corrected chi connectivity index (χ1v) is 15.0. The summed E-state index contributed by atoms with van der Waals surface area (Å²) < 4.78 is 30.2. The third kappa shape index (κ3) is 5.07. The van der Waals surface area contributed by atoms with Crippen LogP contribution in [0.3, 0.4) is 0 Å². The highest BCUT2D eigenvalue weighted by Gasteiger charge is 2.30. The van der Waals surface area contributed by atoms with Crippen molar-refractivity contribution >= 4 is 32.3 Å². The van der Waals surface area contributed by atoms with E-state index in [4.69, 9.17) is 4.98 Å². The molecule has 6 nitrogen and oxygen atoms in total. The summed E-state index contributed by atoms with van der Waals surface area (Å²) in [6, 6.07) is 25.1. The predicted molar refractivity (Wildman–Crippen MR) is 159 cm³/mol. The lowest BCUT2D eigenvalue weighted by Gasteiger charge is -2.27. The molecule has 0 spiro atoms. The Morgan fingerprint density at radius 2 is 1.56 bits per heavy atom. The molecule has 0 saturated carbocycles. The second-order valence-corrected chi connectivity index (χ2v) is 13.6. The molecule has 1 atom stereocenters. The fraction of sp³-hybridized carbons (Fsp3) is 0.226. The summed E-state index contributed by atoms with van der Waals surface area (Å²) in [6.45, 7) is 8.02. The monoisotopic (exact) mass is 557 g/mol. The highest BCUT2D eigenvalue weighted by molar-refractivity contribution is 7.89. The molecule has 0 aliphatic rings. The van der Waals surface area contributed by atoms with Crippen molar-refractivity contribution in [2.45, 2.75) is 44.0 Å². The average Bonchev–Trinajstić information content (AvgIpc) is 3.47. The summed E-state index contributed by atoms with van der Waals surface area (Å²) >= 11 is 1.64. The van der Waals surface area contributed by atoms with Crippen molar-refractivity contribution in [2.75, 3.05) is 7.05 Å². The molecule has 0 aliphatic carbocycles. The molecule has 3 aromatic carbocycles. The minimum absolute atomic E-state index is 0.0916. The van der Waals surface area contributed by atoms with Crippen LogP contribution < -0.4 is 5.56 Å². The quantitative estimate of drug-likeness (QED) is 0.230. The summed E-state index contributed by atoms with van der Waals surface area (Å²) in [5.41, 5.74) is 2.91. The molecule has 5 rings (SSSR count). The summed E-state index contributed by atoms with van der Waals surface area (Å²) in [5.74, 6) is 0.347. The van der Waals surface area contributed by atoms with Gasteiger partial charge in [-0.05, 0) is 71.3 Å². The Labute approximate surface area is 233 Å². The van der Waals surface area contributed by atoms with Gasteiger partial charge in [-0.3, -0.25) is 9.36 Å². The third-order valence-electron chi connectivity index (χ3n) is 7.05. The first-order valence-electron chi connectivity index (χ1n) is 12.7. The number of para-hydroxylation sites is 1. The van der Waals surface area contributed by atoms with Crippen LogP contribution in [0, 0.1) is 0 Å². The van der Waals surface area contributed by atoms with E-state index in [1.165, 1.54) is 15.9 Å². The third-order valence-corrected chi connectivity index (χ3v) is 9.91. The number of hydrogen-bond acceptors (Lipinski definition) is 5. The zero-order valence-corrected chi connectivity index (χ0v) is 24.3. The molecule has 0 radical (unpaired) electrons. The van der Waals surface area contributed by atoms with E-state index in [1.54, 1.807) is 48.6 Å². The number of sulfonamides is 1. The van der Waals surface area contributed by atoms with Gasteiger partial charge < -0.3 is 0 Å². The zero-order valence-electron chi connectivity index (χ0n) is 22.6. The smallest absolute Gasteiger partial charge is 0.266 e. The Balaban J connectivity index is 1.60. The van der Waals surface area contributed by atoms with Crippen LogP contribution in [0.1, 0.15) is 45.1 Å². The van der Waals surface area contributed by atoms with Crippen molar-refractivity contribution < 1.29 is 8.42 Å². The molecule has 2 heterocycles. The van der Waals surface area contributed by atoms with Gasteiger partial charge in [-0.15, -0.1) is 11.3 Å². The van der Waals surface area contributed by atoms with Crippen LogP contribution in [-0.2, 0) is 15.4 Å². The zero-order chi connectivity index (χ0) is 27.9. The number of thiophene rings is 1. The molecular weight excluding hydrogens is 526 g/mol. The number of rotatable bonds is 6. The van der Waals surface area contributed by atoms with E-state index in [2.05, 4.69) is 20.8 Å². The standard InChI is InChI=1S/C31H31N3O3S2/c1-21(33(5)39(36,37)25-18-14-23(15-19-25)31(2,3)4)29-32-27-10-7-6-9-26(27)30(35)34(29)24-16-12-22(13-17-24)28-11-8-20-38-28/h6-21H,1-5H3. The first-order chi connectivity index (χ1) is 18.5. The van der Waals surface area contributed by atoms with E-state index in [0.717, 1.165) is 16.0 Å². The second-order valence-electron chi connectivity index (χ2n) is 10.6. The molecule has 0 N–H and O–H groups in total. The maximum absolute atomic E-state index is 13.8. The highest BCUT2D eigenvalue weighted by Crippen LogP contribution is 2.30. The topological polar surface area (TPSA) is 72.3 Å². The van der Waals surface area contributed by atoms with Crippen LogP contribution >= 0.6 is 11.3 Å². The minimum Gasteiger partial charge on any atom is -0.268 e. The van der Waals surface area contributed by atoms with Crippen molar-refractivity contribution in [3.05, 3.63) is 112 Å². The van der Waals surface area contributed by atoms with Crippen LogP contribution in [0.25, 0.3) is 27.0 Å². The second kappa shape index (κ2) is 10.2. The van der Waals surface area contributed by atoms with E-state index < -0.39 is 16.1 Å². The van der Waals surface area contributed by atoms with Crippen LogP contribution in [0.4, 0.5) is 0 Å². The number of benzene rings is 3. The van der Waals surface area contributed by atoms with Gasteiger partial charge in [0.15, 0.2) is 0 Å². The predicted octanol–water partition coefficient (Wildman–Crippen LogP) is 6.79. The molecule has 0 bridgehead atoms. The SMILES string of the molecule is CC(c1nc2ccccc2c(=O)n1-c1ccc(-c2cccs2)cc1)N(C)S(=O)(=O)c1ccc(C(C)(C)C)cc1. The number of nitrogens with zero attached hydrogens (tertiary/aromatic N) is 3. The number of fused-ring (bicyclic) bond motifs is 1.